The maximum absolute atomic E-state index is 5.39. The first-order valence-electron chi connectivity index (χ1n) is 7.34. The Labute approximate surface area is 151 Å². The van der Waals surface area contributed by atoms with Gasteiger partial charge in [0.15, 0.2) is 5.96 Å². The lowest BCUT2D eigenvalue weighted by Gasteiger charge is -2.24. The Morgan fingerprint density at radius 2 is 1.95 bits per heavy atom. The zero-order valence-electron chi connectivity index (χ0n) is 14.3. The van der Waals surface area contributed by atoms with E-state index in [0.717, 1.165) is 43.5 Å². The molecule has 0 aromatic heterocycles. The monoisotopic (exact) mass is 420 g/mol. The van der Waals surface area contributed by atoms with Gasteiger partial charge < -0.3 is 19.9 Å². The molecule has 1 aromatic carbocycles. The molecule has 0 bridgehead atoms. The number of hydrogen-bond donors (Lipinski definition) is 1. The predicted molar refractivity (Wildman–Crippen MR) is 104 cm³/mol. The Morgan fingerprint density at radius 3 is 2.55 bits per heavy atom. The molecule has 1 rings (SSSR count). The van der Waals surface area contributed by atoms with Crippen LogP contribution in [0.3, 0.4) is 0 Å². The number of benzene rings is 1. The molecule has 0 aliphatic rings. The molecule has 0 radical (unpaired) electrons. The van der Waals surface area contributed by atoms with Crippen LogP contribution >= 0.6 is 24.0 Å². The highest BCUT2D eigenvalue weighted by atomic mass is 127. The molecule has 22 heavy (non-hydrogen) atoms. The van der Waals surface area contributed by atoms with Crippen molar-refractivity contribution >= 4 is 29.9 Å². The van der Waals surface area contributed by atoms with E-state index < -0.39 is 0 Å². The van der Waals surface area contributed by atoms with E-state index in [1.807, 2.05) is 32.3 Å². The van der Waals surface area contributed by atoms with Crippen LogP contribution < -0.4 is 10.1 Å². The summed E-state index contributed by atoms with van der Waals surface area (Å²) in [5.74, 6) is 1.80. The summed E-state index contributed by atoms with van der Waals surface area (Å²) < 4.78 is 5.39. The van der Waals surface area contributed by atoms with Gasteiger partial charge >= 0.3 is 0 Å². The van der Waals surface area contributed by atoms with Gasteiger partial charge in [-0.05, 0) is 19.7 Å². The van der Waals surface area contributed by atoms with Crippen LogP contribution in [0.2, 0.25) is 0 Å². The SMILES string of the molecule is CCN(C)CCNC(=NC)N(C)Cc1ccccc1OC.I. The van der Waals surface area contributed by atoms with Crippen molar-refractivity contribution in [3.05, 3.63) is 29.8 Å². The molecule has 0 spiro atoms. The number of para-hydroxylation sites is 1. The first-order chi connectivity index (χ1) is 10.1. The summed E-state index contributed by atoms with van der Waals surface area (Å²) in [4.78, 5) is 8.70. The summed E-state index contributed by atoms with van der Waals surface area (Å²) in [6.07, 6.45) is 0. The maximum atomic E-state index is 5.39. The number of likely N-dealkylation sites (N-methyl/N-ethyl adjacent to an activating group) is 1. The molecule has 0 amide bonds. The molecule has 1 aromatic rings. The fraction of sp³-hybridized carbons (Fsp3) is 0.562. The molecular formula is C16H29IN4O. The molecule has 0 unspecified atom stereocenters. The number of nitrogens with one attached hydrogen (secondary N) is 1. The van der Waals surface area contributed by atoms with Crippen molar-refractivity contribution in [3.8, 4) is 5.75 Å². The highest BCUT2D eigenvalue weighted by molar-refractivity contribution is 14.0. The van der Waals surface area contributed by atoms with Crippen molar-refractivity contribution in [2.75, 3.05) is 47.9 Å². The first kappa shape index (κ1) is 21.0. The van der Waals surface area contributed by atoms with Crippen molar-refractivity contribution in [2.24, 2.45) is 4.99 Å². The second-order valence-electron chi connectivity index (χ2n) is 5.04. The minimum Gasteiger partial charge on any atom is -0.496 e. The van der Waals surface area contributed by atoms with Crippen LogP contribution in [0.25, 0.3) is 0 Å². The lowest BCUT2D eigenvalue weighted by molar-refractivity contribution is 0.353. The van der Waals surface area contributed by atoms with Gasteiger partial charge in [-0.1, -0.05) is 25.1 Å². The fourth-order valence-electron chi connectivity index (χ4n) is 2.07. The van der Waals surface area contributed by atoms with E-state index in [9.17, 15) is 0 Å². The average molecular weight is 420 g/mol. The fourth-order valence-corrected chi connectivity index (χ4v) is 2.07. The van der Waals surface area contributed by atoms with Gasteiger partial charge in [0.2, 0.25) is 0 Å². The minimum atomic E-state index is 0. The number of hydrogen-bond acceptors (Lipinski definition) is 3. The van der Waals surface area contributed by atoms with Gasteiger partial charge in [0, 0.05) is 39.3 Å². The zero-order valence-corrected chi connectivity index (χ0v) is 16.6. The van der Waals surface area contributed by atoms with Crippen LogP contribution in [0, 0.1) is 0 Å². The molecule has 126 valence electrons. The van der Waals surface area contributed by atoms with Gasteiger partial charge in [-0.15, -0.1) is 24.0 Å². The van der Waals surface area contributed by atoms with E-state index in [0.29, 0.717) is 0 Å². The summed E-state index contributed by atoms with van der Waals surface area (Å²) in [6.45, 7) is 5.85. The number of halogens is 1. The number of methoxy groups -OCH3 is 1. The third-order valence-electron chi connectivity index (χ3n) is 3.49. The van der Waals surface area contributed by atoms with Crippen molar-refractivity contribution in [1.29, 1.82) is 0 Å². The Hall–Kier alpha value is -1.02. The van der Waals surface area contributed by atoms with Gasteiger partial charge in [-0.3, -0.25) is 4.99 Å². The molecule has 0 atom stereocenters. The second kappa shape index (κ2) is 11.5. The lowest BCUT2D eigenvalue weighted by atomic mass is 10.2. The Kier molecular flexibility index (Phi) is 11.0. The standard InChI is InChI=1S/C16H28N4O.HI/c1-6-19(3)12-11-18-16(17-2)20(4)13-14-9-7-8-10-15(14)21-5;/h7-10H,6,11-13H2,1-5H3,(H,17,18);1H. The molecule has 5 nitrogen and oxygen atoms in total. The van der Waals surface area contributed by atoms with E-state index in [1.165, 1.54) is 0 Å². The molecule has 6 heteroatoms. The van der Waals surface area contributed by atoms with Crippen LogP contribution in [-0.2, 0) is 6.54 Å². The van der Waals surface area contributed by atoms with E-state index in [-0.39, 0.29) is 24.0 Å². The third-order valence-corrected chi connectivity index (χ3v) is 3.49. The molecule has 0 aliphatic carbocycles. The summed E-state index contributed by atoms with van der Waals surface area (Å²) >= 11 is 0. The van der Waals surface area contributed by atoms with Crippen molar-refractivity contribution in [3.63, 3.8) is 0 Å². The molecule has 0 saturated carbocycles. The second-order valence-corrected chi connectivity index (χ2v) is 5.04. The highest BCUT2D eigenvalue weighted by Crippen LogP contribution is 2.18. The average Bonchev–Trinajstić information content (AvgIpc) is 2.51. The van der Waals surface area contributed by atoms with Gasteiger partial charge in [0.1, 0.15) is 5.75 Å². The molecule has 0 heterocycles. The molecule has 0 aliphatic heterocycles. The number of aliphatic imine (C=N–C) groups is 1. The minimum absolute atomic E-state index is 0. The van der Waals surface area contributed by atoms with Gasteiger partial charge in [-0.2, -0.15) is 0 Å². The van der Waals surface area contributed by atoms with E-state index >= 15 is 0 Å². The number of rotatable bonds is 7. The molecular weight excluding hydrogens is 391 g/mol. The quantitative estimate of drug-likeness (QED) is 0.418. The normalized spacial score (nSPS) is 11.1. The van der Waals surface area contributed by atoms with Crippen molar-refractivity contribution in [1.82, 2.24) is 15.1 Å². The van der Waals surface area contributed by atoms with E-state index in [2.05, 4.69) is 40.1 Å². The number of ether oxygens (including phenoxy) is 1. The van der Waals surface area contributed by atoms with Gasteiger partial charge in [0.25, 0.3) is 0 Å². The van der Waals surface area contributed by atoms with Crippen LogP contribution in [0.5, 0.6) is 5.75 Å². The molecule has 0 fully saturated rings. The van der Waals surface area contributed by atoms with Crippen LogP contribution in [0.1, 0.15) is 12.5 Å². The van der Waals surface area contributed by atoms with Gasteiger partial charge in [0.05, 0.1) is 7.11 Å². The van der Waals surface area contributed by atoms with Gasteiger partial charge in [-0.25, -0.2) is 0 Å². The first-order valence-corrected chi connectivity index (χ1v) is 7.34. The predicted octanol–water partition coefficient (Wildman–Crippen LogP) is 2.27. The number of nitrogens with zero attached hydrogens (tertiary/aromatic N) is 3. The molecule has 0 saturated heterocycles. The van der Waals surface area contributed by atoms with E-state index in [4.69, 9.17) is 4.74 Å². The van der Waals surface area contributed by atoms with Crippen molar-refractivity contribution in [2.45, 2.75) is 13.5 Å². The summed E-state index contributed by atoms with van der Waals surface area (Å²) in [6, 6.07) is 8.07. The largest absolute Gasteiger partial charge is 0.496 e. The number of guanidine groups is 1. The summed E-state index contributed by atoms with van der Waals surface area (Å²) in [5, 5.41) is 3.39. The highest BCUT2D eigenvalue weighted by Gasteiger charge is 2.09. The lowest BCUT2D eigenvalue weighted by Crippen LogP contribution is -2.41. The molecule has 1 N–H and O–H groups in total. The van der Waals surface area contributed by atoms with Crippen LogP contribution in [0.15, 0.2) is 29.3 Å². The van der Waals surface area contributed by atoms with E-state index in [1.54, 1.807) is 7.11 Å². The third kappa shape index (κ3) is 6.83. The smallest absolute Gasteiger partial charge is 0.193 e. The summed E-state index contributed by atoms with van der Waals surface area (Å²) in [5.41, 5.74) is 1.15. The Morgan fingerprint density at radius 1 is 1.27 bits per heavy atom. The van der Waals surface area contributed by atoms with Crippen molar-refractivity contribution < 1.29 is 4.74 Å². The Balaban J connectivity index is 0.00000441. The topological polar surface area (TPSA) is 40.1 Å². The van der Waals surface area contributed by atoms with Crippen LogP contribution in [0.4, 0.5) is 0 Å². The summed E-state index contributed by atoms with van der Waals surface area (Å²) in [7, 11) is 7.66. The maximum Gasteiger partial charge on any atom is 0.193 e. The van der Waals surface area contributed by atoms with Crippen LogP contribution in [-0.4, -0.2) is 63.6 Å². The Bertz CT molecular complexity index is 454. The zero-order chi connectivity index (χ0) is 15.7.